The van der Waals surface area contributed by atoms with Gasteiger partial charge in [0.05, 0.1) is 6.04 Å². The minimum Gasteiger partial charge on any atom is -0.345 e. The monoisotopic (exact) mass is 438 g/mol. The molecule has 1 heterocycles. The highest BCUT2D eigenvalue weighted by molar-refractivity contribution is 5.95. The number of hydrogen-bond acceptors (Lipinski definition) is 4. The van der Waals surface area contributed by atoms with Crippen LogP contribution in [0.4, 0.5) is 16.0 Å². The molecular weight excluding hydrogens is 415 g/mol. The average molecular weight is 439 g/mol. The molecule has 0 aliphatic heterocycles. The van der Waals surface area contributed by atoms with Crippen molar-refractivity contribution in [3.63, 3.8) is 0 Å². The fourth-order valence-corrected chi connectivity index (χ4v) is 4.20. The van der Waals surface area contributed by atoms with Gasteiger partial charge in [-0.1, -0.05) is 42.5 Å². The van der Waals surface area contributed by atoms with Crippen LogP contribution in [-0.4, -0.2) is 15.9 Å². The van der Waals surface area contributed by atoms with Gasteiger partial charge >= 0.3 is 0 Å². The first-order valence-electron chi connectivity index (χ1n) is 11.0. The molecule has 0 spiro atoms. The Morgan fingerprint density at radius 2 is 1.70 bits per heavy atom. The molecule has 1 atom stereocenters. The number of hydrogen-bond donors (Lipinski definition) is 2. The third-order valence-corrected chi connectivity index (χ3v) is 5.89. The van der Waals surface area contributed by atoms with E-state index >= 15 is 0 Å². The van der Waals surface area contributed by atoms with Gasteiger partial charge in [0.25, 0.3) is 5.91 Å². The van der Waals surface area contributed by atoms with Crippen LogP contribution in [0.15, 0.2) is 85.2 Å². The van der Waals surface area contributed by atoms with Gasteiger partial charge < -0.3 is 10.6 Å². The topological polar surface area (TPSA) is 66.9 Å². The SMILES string of the molecule is O=C(NC1CCCc2ccccc21)c1cccc(Nc2ncc(-c3ccc(F)cc3)cn2)c1. The number of fused-ring (bicyclic) bond motifs is 1. The van der Waals surface area contributed by atoms with Crippen LogP contribution in [0.25, 0.3) is 11.1 Å². The van der Waals surface area contributed by atoms with Crippen LogP contribution in [0, 0.1) is 5.82 Å². The van der Waals surface area contributed by atoms with Gasteiger partial charge in [0.2, 0.25) is 5.95 Å². The van der Waals surface area contributed by atoms with Crippen LogP contribution in [0.3, 0.4) is 0 Å². The predicted molar refractivity (Wildman–Crippen MR) is 127 cm³/mol. The number of nitrogens with one attached hydrogen (secondary N) is 2. The number of carbonyl (C=O) groups excluding carboxylic acids is 1. The quantitative estimate of drug-likeness (QED) is 0.411. The molecule has 3 aromatic carbocycles. The van der Waals surface area contributed by atoms with E-state index < -0.39 is 0 Å². The number of aromatic nitrogens is 2. The first-order valence-corrected chi connectivity index (χ1v) is 11.0. The third kappa shape index (κ3) is 4.75. The van der Waals surface area contributed by atoms with E-state index in [-0.39, 0.29) is 17.8 Å². The van der Waals surface area contributed by atoms with Crippen LogP contribution in [-0.2, 0) is 6.42 Å². The van der Waals surface area contributed by atoms with Gasteiger partial charge in [-0.2, -0.15) is 0 Å². The number of carbonyl (C=O) groups is 1. The first kappa shape index (κ1) is 20.8. The van der Waals surface area contributed by atoms with E-state index in [2.05, 4.69) is 32.7 Å². The Labute approximate surface area is 191 Å². The Bertz CT molecular complexity index is 1270. The number of aryl methyl sites for hydroxylation is 1. The van der Waals surface area contributed by atoms with E-state index in [1.807, 2.05) is 24.3 Å². The van der Waals surface area contributed by atoms with Crippen molar-refractivity contribution in [2.75, 3.05) is 5.32 Å². The summed E-state index contributed by atoms with van der Waals surface area (Å²) in [5, 5.41) is 6.33. The molecular formula is C27H23FN4O. The lowest BCUT2D eigenvalue weighted by Crippen LogP contribution is -2.31. The summed E-state index contributed by atoms with van der Waals surface area (Å²) in [6, 6.07) is 21.8. The second kappa shape index (κ2) is 9.20. The Morgan fingerprint density at radius 1 is 0.909 bits per heavy atom. The van der Waals surface area contributed by atoms with E-state index in [0.29, 0.717) is 11.5 Å². The summed E-state index contributed by atoms with van der Waals surface area (Å²) in [6.45, 7) is 0. The smallest absolute Gasteiger partial charge is 0.251 e. The van der Waals surface area contributed by atoms with Crippen molar-refractivity contribution in [3.8, 4) is 11.1 Å². The molecule has 6 heteroatoms. The molecule has 5 rings (SSSR count). The zero-order chi connectivity index (χ0) is 22.6. The Hall–Kier alpha value is -4.06. The fourth-order valence-electron chi connectivity index (χ4n) is 4.20. The van der Waals surface area contributed by atoms with Gasteiger partial charge in [0, 0.05) is 29.2 Å². The summed E-state index contributed by atoms with van der Waals surface area (Å²) in [7, 11) is 0. The number of amides is 1. The van der Waals surface area contributed by atoms with E-state index in [4.69, 9.17) is 0 Å². The lowest BCUT2D eigenvalue weighted by Gasteiger charge is -2.26. The Morgan fingerprint density at radius 3 is 2.52 bits per heavy atom. The molecule has 0 radical (unpaired) electrons. The number of rotatable bonds is 5. The standard InChI is InChI=1S/C27H23FN4O/c28-22-13-11-18(12-14-22)21-16-29-27(30-17-21)31-23-8-3-7-20(15-23)26(33)32-25-10-4-6-19-5-1-2-9-24(19)25/h1-3,5,7-9,11-17,25H,4,6,10H2,(H,32,33)(H,29,30,31). The summed E-state index contributed by atoms with van der Waals surface area (Å²) in [5.74, 6) is 0.0297. The van der Waals surface area contributed by atoms with Crippen LogP contribution in [0.2, 0.25) is 0 Å². The zero-order valence-corrected chi connectivity index (χ0v) is 18.0. The van der Waals surface area contributed by atoms with Gasteiger partial charge in [-0.25, -0.2) is 14.4 Å². The average Bonchev–Trinajstić information content (AvgIpc) is 2.85. The second-order valence-corrected chi connectivity index (χ2v) is 8.13. The molecule has 2 N–H and O–H groups in total. The van der Waals surface area contributed by atoms with Crippen molar-refractivity contribution in [2.45, 2.75) is 25.3 Å². The van der Waals surface area contributed by atoms with Crippen LogP contribution < -0.4 is 10.6 Å². The van der Waals surface area contributed by atoms with E-state index in [1.165, 1.54) is 23.3 Å². The molecule has 0 fully saturated rings. The highest BCUT2D eigenvalue weighted by Gasteiger charge is 2.22. The van der Waals surface area contributed by atoms with Gasteiger partial charge in [-0.05, 0) is 66.3 Å². The molecule has 33 heavy (non-hydrogen) atoms. The highest BCUT2D eigenvalue weighted by Crippen LogP contribution is 2.30. The first-order chi connectivity index (χ1) is 16.2. The number of halogens is 1. The number of anilines is 2. The van der Waals surface area contributed by atoms with E-state index in [0.717, 1.165) is 36.1 Å². The minimum absolute atomic E-state index is 0.0291. The van der Waals surface area contributed by atoms with E-state index in [9.17, 15) is 9.18 Å². The van der Waals surface area contributed by atoms with Crippen molar-refractivity contribution in [1.29, 1.82) is 0 Å². The van der Waals surface area contributed by atoms with Crippen molar-refractivity contribution < 1.29 is 9.18 Å². The van der Waals surface area contributed by atoms with Crippen LogP contribution in [0.5, 0.6) is 0 Å². The van der Waals surface area contributed by atoms with E-state index in [1.54, 1.807) is 36.7 Å². The maximum atomic E-state index is 13.1. The summed E-state index contributed by atoms with van der Waals surface area (Å²) < 4.78 is 13.1. The highest BCUT2D eigenvalue weighted by atomic mass is 19.1. The molecule has 1 unspecified atom stereocenters. The normalized spacial score (nSPS) is 14.9. The fraction of sp³-hybridized carbons (Fsp3) is 0.148. The third-order valence-electron chi connectivity index (χ3n) is 5.89. The zero-order valence-electron chi connectivity index (χ0n) is 18.0. The van der Waals surface area contributed by atoms with Crippen molar-refractivity contribution in [2.24, 2.45) is 0 Å². The number of nitrogens with zero attached hydrogens (tertiary/aromatic N) is 2. The van der Waals surface area contributed by atoms with Crippen LogP contribution >= 0.6 is 0 Å². The summed E-state index contributed by atoms with van der Waals surface area (Å²) >= 11 is 0. The molecule has 1 amide bonds. The van der Waals surface area contributed by atoms with Gasteiger partial charge in [-0.15, -0.1) is 0 Å². The van der Waals surface area contributed by atoms with Crippen LogP contribution in [0.1, 0.15) is 40.4 Å². The summed E-state index contributed by atoms with van der Waals surface area (Å²) in [6.07, 6.45) is 6.42. The molecule has 4 aromatic rings. The molecule has 0 bridgehead atoms. The van der Waals surface area contributed by atoms with Crippen molar-refractivity contribution in [1.82, 2.24) is 15.3 Å². The maximum Gasteiger partial charge on any atom is 0.251 e. The Balaban J connectivity index is 1.28. The largest absolute Gasteiger partial charge is 0.345 e. The Kier molecular flexibility index (Phi) is 5.81. The second-order valence-electron chi connectivity index (χ2n) is 8.13. The van der Waals surface area contributed by atoms with Gasteiger partial charge in [0.15, 0.2) is 0 Å². The summed E-state index contributed by atoms with van der Waals surface area (Å²) in [4.78, 5) is 21.7. The predicted octanol–water partition coefficient (Wildman–Crippen LogP) is 5.83. The molecule has 164 valence electrons. The molecule has 0 saturated carbocycles. The van der Waals surface area contributed by atoms with Gasteiger partial charge in [0.1, 0.15) is 5.82 Å². The lowest BCUT2D eigenvalue weighted by atomic mass is 9.87. The molecule has 1 aliphatic carbocycles. The molecule has 1 aromatic heterocycles. The lowest BCUT2D eigenvalue weighted by molar-refractivity contribution is 0.0933. The molecule has 5 nitrogen and oxygen atoms in total. The van der Waals surface area contributed by atoms with Crippen molar-refractivity contribution in [3.05, 3.63) is 108 Å². The maximum absolute atomic E-state index is 13.1. The molecule has 0 saturated heterocycles. The van der Waals surface area contributed by atoms with Gasteiger partial charge in [-0.3, -0.25) is 4.79 Å². The molecule has 1 aliphatic rings. The number of benzene rings is 3. The van der Waals surface area contributed by atoms with Crippen molar-refractivity contribution >= 4 is 17.5 Å². The summed E-state index contributed by atoms with van der Waals surface area (Å²) in [5.41, 5.74) is 5.45. The minimum atomic E-state index is -0.283.